The molecule has 0 amide bonds. The van der Waals surface area contributed by atoms with Crippen LogP contribution in [0.1, 0.15) is 12.8 Å². The van der Waals surface area contributed by atoms with Gasteiger partial charge in [0.05, 0.1) is 9.75 Å². The fourth-order valence-corrected chi connectivity index (χ4v) is 5.32. The van der Waals surface area contributed by atoms with E-state index in [0.717, 1.165) is 11.3 Å². The van der Waals surface area contributed by atoms with E-state index in [9.17, 15) is 18.3 Å². The summed E-state index contributed by atoms with van der Waals surface area (Å²) >= 11 is 12.5. The molecule has 0 spiro atoms. The summed E-state index contributed by atoms with van der Waals surface area (Å²) in [5.41, 5.74) is -1.16. The number of aliphatic carboxylic acids is 1. The van der Waals surface area contributed by atoms with Crippen molar-refractivity contribution in [3.05, 3.63) is 14.7 Å². The molecule has 1 saturated heterocycles. The van der Waals surface area contributed by atoms with Crippen LogP contribution >= 0.6 is 34.5 Å². The van der Waals surface area contributed by atoms with Gasteiger partial charge in [-0.25, -0.2) is 13.1 Å². The lowest BCUT2D eigenvalue weighted by Gasteiger charge is -2.32. The van der Waals surface area contributed by atoms with Gasteiger partial charge in [-0.2, -0.15) is 0 Å². The summed E-state index contributed by atoms with van der Waals surface area (Å²) in [6, 6.07) is 1.24. The predicted octanol–water partition coefficient (Wildman–Crippen LogP) is 2.21. The van der Waals surface area contributed by atoms with Gasteiger partial charge in [0.25, 0.3) is 0 Å². The first kappa shape index (κ1) is 17.0. The van der Waals surface area contributed by atoms with E-state index >= 15 is 0 Å². The van der Waals surface area contributed by atoms with Gasteiger partial charge in [0.15, 0.2) is 0 Å². The van der Waals surface area contributed by atoms with Gasteiger partial charge in [-0.05, 0) is 18.9 Å². The molecule has 21 heavy (non-hydrogen) atoms. The second-order valence-corrected chi connectivity index (χ2v) is 8.73. The van der Waals surface area contributed by atoms with Gasteiger partial charge in [0, 0.05) is 19.8 Å². The molecular weight excluding hydrogens is 361 g/mol. The second kappa shape index (κ2) is 6.39. The average Bonchev–Trinajstić information content (AvgIpc) is 2.77. The molecular formula is C11H13Cl2NO5S2. The average molecular weight is 374 g/mol. The highest BCUT2D eigenvalue weighted by Gasteiger charge is 2.41. The quantitative estimate of drug-likeness (QED) is 0.825. The molecule has 0 bridgehead atoms. The third-order valence-corrected chi connectivity index (χ3v) is 6.57. The van der Waals surface area contributed by atoms with Crippen LogP contribution in [0.5, 0.6) is 0 Å². The van der Waals surface area contributed by atoms with Crippen molar-refractivity contribution in [2.24, 2.45) is 5.41 Å². The summed E-state index contributed by atoms with van der Waals surface area (Å²) in [4.78, 5) is 11.3. The van der Waals surface area contributed by atoms with Crippen LogP contribution in [-0.4, -0.2) is 39.3 Å². The highest BCUT2D eigenvalue weighted by atomic mass is 35.5. The zero-order valence-electron chi connectivity index (χ0n) is 10.8. The van der Waals surface area contributed by atoms with Crippen molar-refractivity contribution in [3.63, 3.8) is 0 Å². The summed E-state index contributed by atoms with van der Waals surface area (Å²) in [5, 5.41) is 9.38. The van der Waals surface area contributed by atoms with E-state index in [1.165, 1.54) is 6.07 Å². The summed E-state index contributed by atoms with van der Waals surface area (Å²) in [5.74, 6) is -1.04. The zero-order chi connectivity index (χ0) is 15.7. The molecule has 6 nitrogen and oxygen atoms in total. The zero-order valence-corrected chi connectivity index (χ0v) is 13.9. The number of halogens is 2. The van der Waals surface area contributed by atoms with E-state index in [2.05, 4.69) is 4.72 Å². The molecule has 1 fully saturated rings. The number of carboxylic acids is 1. The first-order chi connectivity index (χ1) is 9.77. The SMILES string of the molecule is O=C(O)C1(CNS(=O)(=O)c2cc(Cl)sc2Cl)CCOCC1. The molecule has 2 heterocycles. The standard InChI is InChI=1S/C11H13Cl2NO5S2/c12-8-5-7(9(13)20-8)21(17,18)14-6-11(10(15)16)1-3-19-4-2-11/h5,14H,1-4,6H2,(H,15,16). The Balaban J connectivity index is 2.17. The molecule has 0 aliphatic carbocycles. The Morgan fingerprint density at radius 3 is 2.52 bits per heavy atom. The first-order valence-electron chi connectivity index (χ1n) is 6.02. The van der Waals surface area contributed by atoms with Gasteiger partial charge < -0.3 is 9.84 Å². The number of carbonyl (C=O) groups is 1. The van der Waals surface area contributed by atoms with Crippen LogP contribution in [0.25, 0.3) is 0 Å². The molecule has 10 heteroatoms. The van der Waals surface area contributed by atoms with Crippen LogP contribution in [0.4, 0.5) is 0 Å². The number of hydrogen-bond donors (Lipinski definition) is 2. The highest BCUT2D eigenvalue weighted by Crippen LogP contribution is 2.35. The normalized spacial score (nSPS) is 18.6. The van der Waals surface area contributed by atoms with Gasteiger partial charge in [0.1, 0.15) is 9.23 Å². The smallest absolute Gasteiger partial charge is 0.311 e. The molecule has 2 rings (SSSR count). The van der Waals surface area contributed by atoms with Gasteiger partial charge in [-0.1, -0.05) is 23.2 Å². The molecule has 0 aromatic carbocycles. The Labute approximate surface area is 136 Å². The Morgan fingerprint density at radius 1 is 1.43 bits per heavy atom. The summed E-state index contributed by atoms with van der Waals surface area (Å²) in [7, 11) is -3.90. The lowest BCUT2D eigenvalue weighted by molar-refractivity contribution is -0.154. The number of hydrogen-bond acceptors (Lipinski definition) is 5. The monoisotopic (exact) mass is 373 g/mol. The minimum Gasteiger partial charge on any atom is -0.481 e. The van der Waals surface area contributed by atoms with Crippen molar-refractivity contribution in [1.29, 1.82) is 0 Å². The van der Waals surface area contributed by atoms with Gasteiger partial charge in [-0.15, -0.1) is 11.3 Å². The molecule has 118 valence electrons. The predicted molar refractivity (Wildman–Crippen MR) is 79.6 cm³/mol. The lowest BCUT2D eigenvalue weighted by atomic mass is 9.80. The number of carboxylic acid groups (broad SMARTS) is 1. The Bertz CT molecular complexity index is 637. The molecule has 0 saturated carbocycles. The minimum atomic E-state index is -3.90. The first-order valence-corrected chi connectivity index (χ1v) is 9.08. The second-order valence-electron chi connectivity index (χ2n) is 4.71. The van der Waals surface area contributed by atoms with E-state index in [1.54, 1.807) is 0 Å². The number of rotatable bonds is 5. The Hall–Kier alpha value is -0.380. The van der Waals surface area contributed by atoms with E-state index in [0.29, 0.717) is 13.2 Å². The Kier molecular flexibility index (Phi) is 5.17. The third-order valence-electron chi connectivity index (χ3n) is 3.42. The van der Waals surface area contributed by atoms with Crippen LogP contribution in [0.3, 0.4) is 0 Å². The van der Waals surface area contributed by atoms with Gasteiger partial charge in [0.2, 0.25) is 10.0 Å². The largest absolute Gasteiger partial charge is 0.481 e. The summed E-state index contributed by atoms with van der Waals surface area (Å²) < 4.78 is 32.2. The van der Waals surface area contributed by atoms with Crippen LogP contribution in [0, 0.1) is 5.41 Å². The fraction of sp³-hybridized carbons (Fsp3) is 0.545. The van der Waals surface area contributed by atoms with E-state index in [-0.39, 0.29) is 33.0 Å². The molecule has 2 N–H and O–H groups in total. The Morgan fingerprint density at radius 2 is 2.05 bits per heavy atom. The minimum absolute atomic E-state index is 0.0452. The third kappa shape index (κ3) is 3.69. The summed E-state index contributed by atoms with van der Waals surface area (Å²) in [6.45, 7) is 0.371. The molecule has 1 aromatic heterocycles. The van der Waals surface area contributed by atoms with Crippen molar-refractivity contribution in [2.75, 3.05) is 19.8 Å². The summed E-state index contributed by atoms with van der Waals surface area (Å²) in [6.07, 6.45) is 0.506. The van der Waals surface area contributed by atoms with Crippen LogP contribution in [-0.2, 0) is 19.6 Å². The molecule has 0 radical (unpaired) electrons. The number of thiophene rings is 1. The number of ether oxygens (including phenoxy) is 1. The molecule has 1 aliphatic rings. The maximum absolute atomic E-state index is 12.2. The van der Waals surface area contributed by atoms with Crippen molar-refractivity contribution in [1.82, 2.24) is 4.72 Å². The van der Waals surface area contributed by atoms with Crippen molar-refractivity contribution in [2.45, 2.75) is 17.7 Å². The van der Waals surface area contributed by atoms with Gasteiger partial charge in [-0.3, -0.25) is 4.79 Å². The topological polar surface area (TPSA) is 92.7 Å². The number of sulfonamides is 1. The molecule has 0 atom stereocenters. The molecule has 1 aromatic rings. The van der Waals surface area contributed by atoms with Gasteiger partial charge >= 0.3 is 5.97 Å². The maximum atomic E-state index is 12.2. The van der Waals surface area contributed by atoms with Crippen LogP contribution in [0.2, 0.25) is 8.67 Å². The van der Waals surface area contributed by atoms with Crippen molar-refractivity contribution >= 4 is 50.5 Å². The van der Waals surface area contributed by atoms with Crippen LogP contribution < -0.4 is 4.72 Å². The molecule has 1 aliphatic heterocycles. The molecule has 0 unspecified atom stereocenters. The van der Waals surface area contributed by atoms with E-state index in [1.807, 2.05) is 0 Å². The van der Waals surface area contributed by atoms with Crippen LogP contribution in [0.15, 0.2) is 11.0 Å². The van der Waals surface area contributed by atoms with Crippen molar-refractivity contribution < 1.29 is 23.1 Å². The fourth-order valence-electron chi connectivity index (χ4n) is 2.05. The van der Waals surface area contributed by atoms with E-state index < -0.39 is 21.4 Å². The number of nitrogens with one attached hydrogen (secondary N) is 1. The lowest BCUT2D eigenvalue weighted by Crippen LogP contribution is -2.46. The van der Waals surface area contributed by atoms with E-state index in [4.69, 9.17) is 27.9 Å². The maximum Gasteiger partial charge on any atom is 0.311 e. The highest BCUT2D eigenvalue weighted by molar-refractivity contribution is 7.89. The van der Waals surface area contributed by atoms with Crippen molar-refractivity contribution in [3.8, 4) is 0 Å².